The van der Waals surface area contributed by atoms with Crippen molar-refractivity contribution in [2.24, 2.45) is 0 Å². The maximum absolute atomic E-state index is 14.0. The Morgan fingerprint density at radius 2 is 1.95 bits per heavy atom. The third-order valence-corrected chi connectivity index (χ3v) is 3.68. The lowest BCUT2D eigenvalue weighted by Crippen LogP contribution is -2.38. The van der Waals surface area contributed by atoms with Crippen LogP contribution < -0.4 is 4.90 Å². The Labute approximate surface area is 121 Å². The van der Waals surface area contributed by atoms with Gasteiger partial charge in [-0.05, 0) is 31.9 Å². The molecule has 0 unspecified atom stereocenters. The third kappa shape index (κ3) is 3.93. The van der Waals surface area contributed by atoms with E-state index in [4.69, 9.17) is 4.74 Å². The van der Waals surface area contributed by atoms with Crippen molar-refractivity contribution in [1.29, 1.82) is 0 Å². The molecule has 1 aromatic rings. The van der Waals surface area contributed by atoms with Gasteiger partial charge in [-0.15, -0.1) is 0 Å². The average molecular weight is 283 g/mol. The van der Waals surface area contributed by atoms with Crippen LogP contribution in [0.5, 0.6) is 0 Å². The number of halogens is 1. The summed E-state index contributed by atoms with van der Waals surface area (Å²) in [4.78, 5) is 2.15. The van der Waals surface area contributed by atoms with Crippen molar-refractivity contribution < 1.29 is 14.2 Å². The highest BCUT2D eigenvalue weighted by Crippen LogP contribution is 2.31. The smallest absolute Gasteiger partial charge is 0.131 e. The number of aliphatic hydroxyl groups excluding tert-OH is 1. The predicted octanol–water partition coefficient (Wildman–Crippen LogP) is 3.52. The number of benzene rings is 1. The number of anilines is 1. The second kappa shape index (κ2) is 8.22. The summed E-state index contributed by atoms with van der Waals surface area (Å²) in [6, 6.07) is 5.27. The highest BCUT2D eigenvalue weighted by molar-refractivity contribution is 5.56. The molecule has 20 heavy (non-hydrogen) atoms. The van der Waals surface area contributed by atoms with Crippen LogP contribution in [0.15, 0.2) is 18.2 Å². The zero-order chi connectivity index (χ0) is 15.1. The molecule has 0 saturated carbocycles. The molecule has 0 radical (unpaired) electrons. The van der Waals surface area contributed by atoms with Gasteiger partial charge < -0.3 is 14.7 Å². The number of aliphatic hydroxyl groups is 1. The molecule has 0 aliphatic heterocycles. The van der Waals surface area contributed by atoms with Gasteiger partial charge >= 0.3 is 0 Å². The Morgan fingerprint density at radius 1 is 1.30 bits per heavy atom. The van der Waals surface area contributed by atoms with Crippen molar-refractivity contribution in [3.8, 4) is 0 Å². The summed E-state index contributed by atoms with van der Waals surface area (Å²) in [7, 11) is 1.66. The standard InChI is InChI=1S/C16H26FNO2/c1-5-13(6-2)18(10-11-20-4)15-9-7-8-14(17)16(15)12(3)19/h7-9,12-13,19H,5-6,10-11H2,1-4H3/t12-/m1/s1. The zero-order valence-electron chi connectivity index (χ0n) is 12.9. The average Bonchev–Trinajstić information content (AvgIpc) is 2.42. The molecule has 4 heteroatoms. The molecule has 0 spiro atoms. The van der Waals surface area contributed by atoms with Gasteiger partial charge in [0.15, 0.2) is 0 Å². The van der Waals surface area contributed by atoms with E-state index < -0.39 is 6.10 Å². The largest absolute Gasteiger partial charge is 0.389 e. The highest BCUT2D eigenvalue weighted by Gasteiger charge is 2.22. The maximum Gasteiger partial charge on any atom is 0.131 e. The van der Waals surface area contributed by atoms with Gasteiger partial charge in [-0.3, -0.25) is 0 Å². The SMILES string of the molecule is CCC(CC)N(CCOC)c1cccc(F)c1[C@@H](C)O. The van der Waals surface area contributed by atoms with Crippen LogP contribution in [0.2, 0.25) is 0 Å². The predicted molar refractivity (Wildman–Crippen MR) is 80.6 cm³/mol. The minimum atomic E-state index is -0.828. The molecule has 3 nitrogen and oxygen atoms in total. The lowest BCUT2D eigenvalue weighted by atomic mass is 10.0. The van der Waals surface area contributed by atoms with E-state index in [2.05, 4.69) is 18.7 Å². The first-order valence-electron chi connectivity index (χ1n) is 7.28. The van der Waals surface area contributed by atoms with Crippen molar-refractivity contribution in [3.63, 3.8) is 0 Å². The Kier molecular flexibility index (Phi) is 6.96. The lowest BCUT2D eigenvalue weighted by molar-refractivity contribution is 0.192. The fourth-order valence-corrected chi connectivity index (χ4v) is 2.61. The van der Waals surface area contributed by atoms with E-state index in [1.54, 1.807) is 20.1 Å². The minimum absolute atomic E-state index is 0.310. The summed E-state index contributed by atoms with van der Waals surface area (Å²) in [6.07, 6.45) is 1.11. The zero-order valence-corrected chi connectivity index (χ0v) is 12.9. The molecule has 1 aromatic carbocycles. The molecule has 0 aromatic heterocycles. The fourth-order valence-electron chi connectivity index (χ4n) is 2.61. The monoisotopic (exact) mass is 283 g/mol. The first-order chi connectivity index (χ1) is 9.56. The topological polar surface area (TPSA) is 32.7 Å². The Balaban J connectivity index is 3.22. The van der Waals surface area contributed by atoms with Crippen molar-refractivity contribution in [2.45, 2.75) is 45.8 Å². The summed E-state index contributed by atoms with van der Waals surface area (Å²) in [5, 5.41) is 9.89. The lowest BCUT2D eigenvalue weighted by Gasteiger charge is -2.34. The third-order valence-electron chi connectivity index (χ3n) is 3.68. The van der Waals surface area contributed by atoms with Gasteiger partial charge in [0.2, 0.25) is 0 Å². The number of rotatable bonds is 8. The quantitative estimate of drug-likeness (QED) is 0.792. The second-order valence-electron chi connectivity index (χ2n) is 5.01. The van der Waals surface area contributed by atoms with E-state index >= 15 is 0 Å². The van der Waals surface area contributed by atoms with Crippen molar-refractivity contribution in [2.75, 3.05) is 25.2 Å². The first-order valence-corrected chi connectivity index (χ1v) is 7.28. The van der Waals surface area contributed by atoms with Gasteiger partial charge in [0.25, 0.3) is 0 Å². The van der Waals surface area contributed by atoms with E-state index in [0.29, 0.717) is 24.8 Å². The van der Waals surface area contributed by atoms with Crippen LogP contribution >= 0.6 is 0 Å². The van der Waals surface area contributed by atoms with Crippen molar-refractivity contribution in [3.05, 3.63) is 29.6 Å². The molecule has 1 atom stereocenters. The molecule has 0 aliphatic carbocycles. The molecule has 1 N–H and O–H groups in total. The summed E-state index contributed by atoms with van der Waals surface area (Å²) in [5.74, 6) is -0.356. The molecule has 0 amide bonds. The summed E-state index contributed by atoms with van der Waals surface area (Å²) >= 11 is 0. The van der Waals surface area contributed by atoms with Crippen LogP contribution in [-0.2, 0) is 4.74 Å². The fraction of sp³-hybridized carbons (Fsp3) is 0.625. The van der Waals surface area contributed by atoms with Crippen LogP contribution in [0.3, 0.4) is 0 Å². The molecular formula is C16H26FNO2. The van der Waals surface area contributed by atoms with Crippen LogP contribution in [0.25, 0.3) is 0 Å². The van der Waals surface area contributed by atoms with Crippen molar-refractivity contribution in [1.82, 2.24) is 0 Å². The van der Waals surface area contributed by atoms with E-state index in [9.17, 15) is 9.50 Å². The Bertz CT molecular complexity index is 405. The van der Waals surface area contributed by atoms with E-state index in [0.717, 1.165) is 18.5 Å². The number of hydrogen-bond acceptors (Lipinski definition) is 3. The molecule has 114 valence electrons. The molecule has 0 bridgehead atoms. The minimum Gasteiger partial charge on any atom is -0.389 e. The van der Waals surface area contributed by atoms with Crippen LogP contribution in [-0.4, -0.2) is 31.4 Å². The summed E-state index contributed by atoms with van der Waals surface area (Å²) in [5.41, 5.74) is 1.14. The number of nitrogens with zero attached hydrogens (tertiary/aromatic N) is 1. The van der Waals surface area contributed by atoms with Crippen LogP contribution in [0.1, 0.15) is 45.3 Å². The second-order valence-corrected chi connectivity index (χ2v) is 5.01. The van der Waals surface area contributed by atoms with Gasteiger partial charge in [0.1, 0.15) is 5.82 Å². The number of methoxy groups -OCH3 is 1. The molecule has 0 heterocycles. The Hall–Kier alpha value is -1.13. The van der Waals surface area contributed by atoms with Crippen LogP contribution in [0.4, 0.5) is 10.1 Å². The molecule has 0 fully saturated rings. The normalized spacial score (nSPS) is 12.8. The number of hydrogen-bond donors (Lipinski definition) is 1. The highest BCUT2D eigenvalue weighted by atomic mass is 19.1. The van der Waals surface area contributed by atoms with Gasteiger partial charge in [-0.2, -0.15) is 0 Å². The summed E-state index contributed by atoms with van der Waals surface area (Å²) < 4.78 is 19.2. The van der Waals surface area contributed by atoms with Gasteiger partial charge in [-0.1, -0.05) is 19.9 Å². The van der Waals surface area contributed by atoms with Crippen LogP contribution in [0, 0.1) is 5.82 Å². The van der Waals surface area contributed by atoms with Gasteiger partial charge in [0, 0.05) is 30.9 Å². The van der Waals surface area contributed by atoms with E-state index in [-0.39, 0.29) is 5.82 Å². The van der Waals surface area contributed by atoms with Crippen molar-refractivity contribution >= 4 is 5.69 Å². The summed E-state index contributed by atoms with van der Waals surface area (Å²) in [6.45, 7) is 7.10. The van der Waals surface area contributed by atoms with Gasteiger partial charge in [-0.25, -0.2) is 4.39 Å². The van der Waals surface area contributed by atoms with E-state index in [1.807, 2.05) is 6.07 Å². The van der Waals surface area contributed by atoms with E-state index in [1.165, 1.54) is 6.07 Å². The molecular weight excluding hydrogens is 257 g/mol. The molecule has 0 saturated heterocycles. The molecule has 0 aliphatic rings. The maximum atomic E-state index is 14.0. The Morgan fingerprint density at radius 3 is 2.45 bits per heavy atom. The van der Waals surface area contributed by atoms with Gasteiger partial charge in [0.05, 0.1) is 12.7 Å². The number of ether oxygens (including phenoxy) is 1. The molecule has 1 rings (SSSR count). The first kappa shape index (κ1) is 16.9.